The largest absolute Gasteiger partial charge is 0.324 e. The molecule has 0 heterocycles. The van der Waals surface area contributed by atoms with Gasteiger partial charge < -0.3 is 5.73 Å². The lowest BCUT2D eigenvalue weighted by Gasteiger charge is -2.15. The zero-order valence-corrected chi connectivity index (χ0v) is 7.72. The maximum absolute atomic E-state index is 12.8. The van der Waals surface area contributed by atoms with E-state index in [0.717, 1.165) is 6.07 Å². The molecule has 0 aromatic heterocycles. The van der Waals surface area contributed by atoms with Crippen molar-refractivity contribution in [1.29, 1.82) is 0 Å². The molecular weight excluding hydrogens is 172 g/mol. The molecule has 1 aromatic carbocycles. The van der Waals surface area contributed by atoms with Crippen LogP contribution in [0.5, 0.6) is 0 Å². The van der Waals surface area contributed by atoms with Gasteiger partial charge in [-0.2, -0.15) is 0 Å². The van der Waals surface area contributed by atoms with Gasteiger partial charge in [-0.3, -0.25) is 0 Å². The van der Waals surface area contributed by atoms with Crippen LogP contribution in [0.15, 0.2) is 18.2 Å². The summed E-state index contributed by atoms with van der Waals surface area (Å²) in [6, 6.07) is 3.07. The highest BCUT2D eigenvalue weighted by Gasteiger charge is 2.12. The topological polar surface area (TPSA) is 26.0 Å². The first-order valence-corrected chi connectivity index (χ1v) is 4.22. The third kappa shape index (κ3) is 2.49. The minimum atomic E-state index is -0.578. The van der Waals surface area contributed by atoms with Crippen molar-refractivity contribution in [2.75, 3.05) is 0 Å². The van der Waals surface area contributed by atoms with Crippen LogP contribution in [0.25, 0.3) is 0 Å². The number of rotatable bonds is 2. The van der Waals surface area contributed by atoms with Crippen molar-refractivity contribution in [3.63, 3.8) is 0 Å². The highest BCUT2D eigenvalue weighted by Crippen LogP contribution is 2.20. The molecule has 0 unspecified atom stereocenters. The molecule has 72 valence electrons. The van der Waals surface area contributed by atoms with Crippen LogP contribution in [-0.2, 0) is 0 Å². The summed E-state index contributed by atoms with van der Waals surface area (Å²) in [7, 11) is 0. The maximum Gasteiger partial charge on any atom is 0.126 e. The molecule has 1 aromatic rings. The minimum Gasteiger partial charge on any atom is -0.324 e. The number of halogens is 2. The Morgan fingerprint density at radius 1 is 1.08 bits per heavy atom. The Morgan fingerprint density at radius 3 is 1.92 bits per heavy atom. The van der Waals surface area contributed by atoms with Crippen molar-refractivity contribution in [2.45, 2.75) is 19.9 Å². The fourth-order valence-electron chi connectivity index (χ4n) is 1.15. The second kappa shape index (κ2) is 3.83. The van der Waals surface area contributed by atoms with E-state index in [-0.39, 0.29) is 12.0 Å². The van der Waals surface area contributed by atoms with Crippen molar-refractivity contribution in [2.24, 2.45) is 11.7 Å². The first kappa shape index (κ1) is 10.1. The molecule has 0 saturated carbocycles. The average molecular weight is 185 g/mol. The van der Waals surface area contributed by atoms with E-state index in [9.17, 15) is 8.78 Å². The van der Waals surface area contributed by atoms with Gasteiger partial charge in [-0.05, 0) is 23.6 Å². The first-order valence-electron chi connectivity index (χ1n) is 4.22. The minimum absolute atomic E-state index is 0.168. The summed E-state index contributed by atoms with van der Waals surface area (Å²) < 4.78 is 25.5. The van der Waals surface area contributed by atoms with E-state index in [4.69, 9.17) is 5.73 Å². The van der Waals surface area contributed by atoms with Gasteiger partial charge in [0.25, 0.3) is 0 Å². The Labute approximate surface area is 76.6 Å². The predicted octanol–water partition coefficient (Wildman–Crippen LogP) is 2.62. The van der Waals surface area contributed by atoms with Crippen molar-refractivity contribution >= 4 is 0 Å². The van der Waals surface area contributed by atoms with Gasteiger partial charge in [0, 0.05) is 12.1 Å². The molecule has 0 aliphatic carbocycles. The lowest BCUT2D eigenvalue weighted by atomic mass is 9.97. The lowest BCUT2D eigenvalue weighted by Crippen LogP contribution is -2.17. The van der Waals surface area contributed by atoms with E-state index in [1.54, 1.807) is 0 Å². The van der Waals surface area contributed by atoms with E-state index in [0.29, 0.717) is 5.56 Å². The smallest absolute Gasteiger partial charge is 0.126 e. The van der Waals surface area contributed by atoms with Crippen LogP contribution in [0, 0.1) is 17.6 Å². The molecule has 0 bridgehead atoms. The number of benzene rings is 1. The molecule has 1 rings (SSSR count). The van der Waals surface area contributed by atoms with E-state index in [1.807, 2.05) is 13.8 Å². The Balaban J connectivity index is 3.01. The van der Waals surface area contributed by atoms with Crippen LogP contribution in [0.4, 0.5) is 8.78 Å². The van der Waals surface area contributed by atoms with Crippen LogP contribution in [-0.4, -0.2) is 0 Å². The van der Waals surface area contributed by atoms with Gasteiger partial charge in [-0.15, -0.1) is 0 Å². The van der Waals surface area contributed by atoms with Crippen molar-refractivity contribution in [1.82, 2.24) is 0 Å². The predicted molar refractivity (Wildman–Crippen MR) is 48.1 cm³/mol. The summed E-state index contributed by atoms with van der Waals surface area (Å²) in [5, 5.41) is 0. The number of hydrogen-bond acceptors (Lipinski definition) is 1. The van der Waals surface area contributed by atoms with Gasteiger partial charge in [0.1, 0.15) is 11.6 Å². The maximum atomic E-state index is 12.8. The second-order valence-electron chi connectivity index (χ2n) is 3.47. The summed E-state index contributed by atoms with van der Waals surface area (Å²) in [6.45, 7) is 3.82. The van der Waals surface area contributed by atoms with Gasteiger partial charge in [0.05, 0.1) is 0 Å². The van der Waals surface area contributed by atoms with Gasteiger partial charge in [0.15, 0.2) is 0 Å². The van der Waals surface area contributed by atoms with Gasteiger partial charge >= 0.3 is 0 Å². The third-order valence-electron chi connectivity index (χ3n) is 1.99. The molecule has 0 aliphatic rings. The molecule has 0 spiro atoms. The Kier molecular flexibility index (Phi) is 2.98. The van der Waals surface area contributed by atoms with Gasteiger partial charge in [0.2, 0.25) is 0 Å². The van der Waals surface area contributed by atoms with Crippen molar-refractivity contribution in [3.05, 3.63) is 35.4 Å². The summed E-state index contributed by atoms with van der Waals surface area (Å²) in [5.74, 6) is -0.988. The zero-order chi connectivity index (χ0) is 10.0. The average Bonchev–Trinajstić information content (AvgIpc) is 2.01. The molecule has 3 heteroatoms. The Morgan fingerprint density at radius 2 is 1.54 bits per heavy atom. The molecular formula is C10H13F2N. The molecule has 1 atom stereocenters. The van der Waals surface area contributed by atoms with Crippen LogP contribution in [0.3, 0.4) is 0 Å². The van der Waals surface area contributed by atoms with Crippen LogP contribution in [0.1, 0.15) is 25.5 Å². The van der Waals surface area contributed by atoms with Gasteiger partial charge in [-0.25, -0.2) is 8.78 Å². The standard InChI is InChI=1S/C10H13F2N/c1-6(2)10(13)7-3-8(11)5-9(12)4-7/h3-6,10H,13H2,1-2H3/t10-/m0/s1. The third-order valence-corrected chi connectivity index (χ3v) is 1.99. The molecule has 0 aliphatic heterocycles. The van der Waals surface area contributed by atoms with Crippen molar-refractivity contribution < 1.29 is 8.78 Å². The van der Waals surface area contributed by atoms with E-state index in [1.165, 1.54) is 12.1 Å². The van der Waals surface area contributed by atoms with Crippen LogP contribution < -0.4 is 5.73 Å². The fourth-order valence-corrected chi connectivity index (χ4v) is 1.15. The Bertz CT molecular complexity index is 277. The molecule has 0 fully saturated rings. The van der Waals surface area contributed by atoms with E-state index >= 15 is 0 Å². The second-order valence-corrected chi connectivity index (χ2v) is 3.47. The fraction of sp³-hybridized carbons (Fsp3) is 0.400. The molecule has 13 heavy (non-hydrogen) atoms. The molecule has 0 saturated heterocycles. The molecule has 0 amide bonds. The van der Waals surface area contributed by atoms with Crippen molar-refractivity contribution in [3.8, 4) is 0 Å². The zero-order valence-electron chi connectivity index (χ0n) is 7.72. The van der Waals surface area contributed by atoms with Crippen LogP contribution >= 0.6 is 0 Å². The summed E-state index contributed by atoms with van der Waals surface area (Å²) in [6.07, 6.45) is 0. The highest BCUT2D eigenvalue weighted by molar-refractivity contribution is 5.21. The summed E-state index contributed by atoms with van der Waals surface area (Å²) in [5.41, 5.74) is 6.25. The molecule has 1 nitrogen and oxygen atoms in total. The summed E-state index contributed by atoms with van der Waals surface area (Å²) in [4.78, 5) is 0. The quantitative estimate of drug-likeness (QED) is 0.753. The van der Waals surface area contributed by atoms with Gasteiger partial charge in [-0.1, -0.05) is 13.8 Å². The first-order chi connectivity index (χ1) is 6.00. The van der Waals surface area contributed by atoms with Crippen LogP contribution in [0.2, 0.25) is 0 Å². The van der Waals surface area contributed by atoms with E-state index in [2.05, 4.69) is 0 Å². The molecule has 2 N–H and O–H groups in total. The Hall–Kier alpha value is -0.960. The monoisotopic (exact) mass is 185 g/mol. The SMILES string of the molecule is CC(C)[C@H](N)c1cc(F)cc(F)c1. The van der Waals surface area contributed by atoms with E-state index < -0.39 is 11.6 Å². The lowest BCUT2D eigenvalue weighted by molar-refractivity contribution is 0.502. The summed E-state index contributed by atoms with van der Waals surface area (Å²) >= 11 is 0. The highest BCUT2D eigenvalue weighted by atomic mass is 19.1. The molecule has 0 radical (unpaired) electrons. The number of nitrogens with two attached hydrogens (primary N) is 1. The normalized spacial score (nSPS) is 13.4. The number of hydrogen-bond donors (Lipinski definition) is 1.